The summed E-state index contributed by atoms with van der Waals surface area (Å²) in [6.07, 6.45) is 3.60. The third-order valence-corrected chi connectivity index (χ3v) is 4.57. The van der Waals surface area contributed by atoms with Gasteiger partial charge in [0.05, 0.1) is 12.6 Å². The summed E-state index contributed by atoms with van der Waals surface area (Å²) in [5, 5.41) is 15.9. The predicted molar refractivity (Wildman–Crippen MR) is 79.8 cm³/mol. The predicted octanol–water partition coefficient (Wildman–Crippen LogP) is 0.848. The van der Waals surface area contributed by atoms with Crippen molar-refractivity contribution < 1.29 is 14.7 Å². The molecule has 1 aliphatic carbocycles. The molecule has 0 aromatic rings. The van der Waals surface area contributed by atoms with Crippen LogP contribution in [0.2, 0.25) is 0 Å². The minimum atomic E-state index is -0.719. The van der Waals surface area contributed by atoms with Gasteiger partial charge in [0, 0.05) is 6.54 Å². The van der Waals surface area contributed by atoms with Crippen LogP contribution in [0.5, 0.6) is 0 Å². The first kappa shape index (κ1) is 16.2. The van der Waals surface area contributed by atoms with E-state index in [1.807, 2.05) is 6.92 Å². The summed E-state index contributed by atoms with van der Waals surface area (Å²) >= 11 is 0. The minimum Gasteiger partial charge on any atom is -0.390 e. The molecule has 3 amide bonds. The van der Waals surface area contributed by atoms with E-state index in [0.717, 1.165) is 25.8 Å². The van der Waals surface area contributed by atoms with Crippen LogP contribution in [0.15, 0.2) is 0 Å². The van der Waals surface area contributed by atoms with Crippen molar-refractivity contribution >= 4 is 11.9 Å². The number of amides is 3. The van der Waals surface area contributed by atoms with E-state index in [-0.39, 0.29) is 18.5 Å². The highest BCUT2D eigenvalue weighted by Gasteiger charge is 2.52. The quantitative estimate of drug-likeness (QED) is 0.501. The summed E-state index contributed by atoms with van der Waals surface area (Å²) < 4.78 is 0. The second-order valence-corrected chi connectivity index (χ2v) is 6.47. The molecule has 1 aliphatic heterocycles. The van der Waals surface area contributed by atoms with E-state index in [1.54, 1.807) is 0 Å². The molecule has 6 nitrogen and oxygen atoms in total. The van der Waals surface area contributed by atoms with Gasteiger partial charge in [0.25, 0.3) is 5.91 Å². The average Bonchev–Trinajstić information content (AvgIpc) is 2.67. The number of rotatable bonds is 6. The molecule has 3 N–H and O–H groups in total. The Kier molecular flexibility index (Phi) is 5.22. The Morgan fingerprint density at radius 3 is 2.71 bits per heavy atom. The molecule has 1 heterocycles. The second kappa shape index (κ2) is 6.75. The number of aliphatic hydroxyl groups excluding tert-OH is 1. The normalized spacial score (nSPS) is 30.8. The van der Waals surface area contributed by atoms with Crippen molar-refractivity contribution in [2.45, 2.75) is 57.6 Å². The molecule has 0 aromatic heterocycles. The first-order chi connectivity index (χ1) is 9.98. The molecule has 6 heteroatoms. The molecule has 2 aliphatic rings. The Bertz CT molecular complexity index is 392. The van der Waals surface area contributed by atoms with Crippen LogP contribution >= 0.6 is 0 Å². The third-order valence-electron chi connectivity index (χ3n) is 4.57. The minimum absolute atomic E-state index is 0.0681. The number of carbonyl (C=O) groups excluding carboxylic acids is 2. The third kappa shape index (κ3) is 3.55. The fraction of sp³-hybridized carbons (Fsp3) is 0.867. The van der Waals surface area contributed by atoms with Crippen molar-refractivity contribution in [3.05, 3.63) is 0 Å². The van der Waals surface area contributed by atoms with Gasteiger partial charge in [-0.25, -0.2) is 4.79 Å². The standard InChI is InChI=1S/C15H27N3O3/c1-3-8-16-9-12(19)10-18-13(20)15(17-14(18)21)6-4-11(2)5-7-15/h11-12,16,19H,3-10H2,1-2H3,(H,17,21). The van der Waals surface area contributed by atoms with Crippen LogP contribution in [0.25, 0.3) is 0 Å². The smallest absolute Gasteiger partial charge is 0.325 e. The van der Waals surface area contributed by atoms with E-state index in [1.165, 1.54) is 4.90 Å². The summed E-state index contributed by atoms with van der Waals surface area (Å²) in [5.74, 6) is 0.451. The van der Waals surface area contributed by atoms with E-state index in [9.17, 15) is 14.7 Å². The number of nitrogens with zero attached hydrogens (tertiary/aromatic N) is 1. The lowest BCUT2D eigenvalue weighted by Crippen LogP contribution is -2.50. The Hall–Kier alpha value is -1.14. The molecular formula is C15H27N3O3. The monoisotopic (exact) mass is 297 g/mol. The van der Waals surface area contributed by atoms with Gasteiger partial charge in [0.2, 0.25) is 0 Å². The van der Waals surface area contributed by atoms with Crippen molar-refractivity contribution in [2.24, 2.45) is 5.92 Å². The molecule has 1 atom stereocenters. The van der Waals surface area contributed by atoms with Gasteiger partial charge in [-0.3, -0.25) is 9.69 Å². The second-order valence-electron chi connectivity index (χ2n) is 6.47. The number of urea groups is 1. The average molecular weight is 297 g/mol. The largest absolute Gasteiger partial charge is 0.390 e. The lowest BCUT2D eigenvalue weighted by molar-refractivity contribution is -0.133. The topological polar surface area (TPSA) is 81.7 Å². The summed E-state index contributed by atoms with van der Waals surface area (Å²) in [4.78, 5) is 25.8. The molecule has 0 bridgehead atoms. The first-order valence-electron chi connectivity index (χ1n) is 8.01. The molecule has 0 aromatic carbocycles. The molecule has 1 unspecified atom stereocenters. The zero-order valence-corrected chi connectivity index (χ0v) is 13.0. The molecule has 21 heavy (non-hydrogen) atoms. The van der Waals surface area contributed by atoms with Crippen LogP contribution in [0, 0.1) is 5.92 Å². The number of carbonyl (C=O) groups is 2. The molecule has 1 saturated carbocycles. The Labute approximate surface area is 126 Å². The van der Waals surface area contributed by atoms with E-state index < -0.39 is 11.6 Å². The van der Waals surface area contributed by atoms with Crippen LogP contribution in [-0.4, -0.2) is 53.2 Å². The number of aliphatic hydroxyl groups is 1. The van der Waals surface area contributed by atoms with Gasteiger partial charge >= 0.3 is 6.03 Å². The van der Waals surface area contributed by atoms with Crippen LogP contribution in [0.4, 0.5) is 4.79 Å². The lowest BCUT2D eigenvalue weighted by Gasteiger charge is -2.33. The van der Waals surface area contributed by atoms with Crippen molar-refractivity contribution in [3.8, 4) is 0 Å². The van der Waals surface area contributed by atoms with Crippen molar-refractivity contribution in [1.82, 2.24) is 15.5 Å². The fourth-order valence-corrected chi connectivity index (χ4v) is 3.16. The van der Waals surface area contributed by atoms with E-state index in [2.05, 4.69) is 17.6 Å². The van der Waals surface area contributed by atoms with E-state index in [4.69, 9.17) is 0 Å². The highest BCUT2D eigenvalue weighted by atomic mass is 16.3. The van der Waals surface area contributed by atoms with Crippen LogP contribution in [0.3, 0.4) is 0 Å². The molecule has 0 radical (unpaired) electrons. The van der Waals surface area contributed by atoms with Crippen LogP contribution in [-0.2, 0) is 4.79 Å². The van der Waals surface area contributed by atoms with Gasteiger partial charge in [0.1, 0.15) is 5.54 Å². The fourth-order valence-electron chi connectivity index (χ4n) is 3.16. The number of hydrogen-bond donors (Lipinski definition) is 3. The molecule has 1 saturated heterocycles. The van der Waals surface area contributed by atoms with Gasteiger partial charge in [0.15, 0.2) is 0 Å². The Morgan fingerprint density at radius 1 is 1.43 bits per heavy atom. The summed E-state index contributed by atoms with van der Waals surface area (Å²) in [6.45, 7) is 5.51. The maximum atomic E-state index is 12.6. The number of hydrogen-bond acceptors (Lipinski definition) is 4. The maximum Gasteiger partial charge on any atom is 0.325 e. The first-order valence-corrected chi connectivity index (χ1v) is 8.01. The Morgan fingerprint density at radius 2 is 2.10 bits per heavy atom. The maximum absolute atomic E-state index is 12.6. The molecule has 120 valence electrons. The summed E-state index contributed by atoms with van der Waals surface area (Å²) in [7, 11) is 0. The van der Waals surface area contributed by atoms with Gasteiger partial charge in [-0.15, -0.1) is 0 Å². The van der Waals surface area contributed by atoms with E-state index in [0.29, 0.717) is 25.3 Å². The Balaban J connectivity index is 1.92. The number of nitrogens with one attached hydrogen (secondary N) is 2. The summed E-state index contributed by atoms with van der Waals surface area (Å²) in [6, 6.07) is -0.357. The van der Waals surface area contributed by atoms with Crippen molar-refractivity contribution in [3.63, 3.8) is 0 Å². The van der Waals surface area contributed by atoms with Crippen molar-refractivity contribution in [2.75, 3.05) is 19.6 Å². The molecule has 2 fully saturated rings. The van der Waals surface area contributed by atoms with Gasteiger partial charge in [-0.1, -0.05) is 13.8 Å². The van der Waals surface area contributed by atoms with Crippen molar-refractivity contribution in [1.29, 1.82) is 0 Å². The van der Waals surface area contributed by atoms with Gasteiger partial charge in [-0.05, 0) is 44.6 Å². The zero-order valence-electron chi connectivity index (χ0n) is 13.0. The van der Waals surface area contributed by atoms with Gasteiger partial charge in [-0.2, -0.15) is 0 Å². The van der Waals surface area contributed by atoms with Crippen LogP contribution in [0.1, 0.15) is 46.0 Å². The number of imide groups is 1. The highest BCUT2D eigenvalue weighted by Crippen LogP contribution is 2.36. The molecule has 2 rings (SSSR count). The lowest BCUT2D eigenvalue weighted by atomic mass is 9.77. The zero-order chi connectivity index (χ0) is 15.5. The summed E-state index contributed by atoms with van der Waals surface area (Å²) in [5.41, 5.74) is -0.708. The molecular weight excluding hydrogens is 270 g/mol. The SMILES string of the molecule is CCCNCC(O)CN1C(=O)NC2(CCC(C)CC2)C1=O. The number of β-amino-alcohol motifs (C(OH)–C–C–N with tert-alkyl or cyclic N) is 1. The highest BCUT2D eigenvalue weighted by molar-refractivity contribution is 6.07. The van der Waals surface area contributed by atoms with Gasteiger partial charge < -0.3 is 15.7 Å². The molecule has 1 spiro atoms. The van der Waals surface area contributed by atoms with E-state index >= 15 is 0 Å². The van der Waals surface area contributed by atoms with Crippen LogP contribution < -0.4 is 10.6 Å².